The maximum absolute atomic E-state index is 12.7. The molecule has 1 aliphatic heterocycles. The molecule has 1 aromatic carbocycles. The van der Waals surface area contributed by atoms with E-state index >= 15 is 0 Å². The molecule has 0 radical (unpaired) electrons. The number of pyridine rings is 1. The molecule has 2 aromatic rings. The molecule has 1 amide bonds. The van der Waals surface area contributed by atoms with Gasteiger partial charge in [-0.05, 0) is 93.7 Å². The smallest absolute Gasteiger partial charge is 0.253 e. The first kappa shape index (κ1) is 20.5. The fourth-order valence-corrected chi connectivity index (χ4v) is 5.83. The third-order valence-corrected chi connectivity index (χ3v) is 7.35. The van der Waals surface area contributed by atoms with E-state index in [9.17, 15) is 4.79 Å². The van der Waals surface area contributed by atoms with Crippen LogP contribution in [0.15, 0.2) is 42.7 Å². The SMILES string of the molecule is Cc1cncc(C(=O)N[C@H]2CC[C@@H]3[C@H]2CCN3Cc2cccc(OC3CCCC3)c2)c1. The Hall–Kier alpha value is -2.40. The van der Waals surface area contributed by atoms with Gasteiger partial charge in [-0.1, -0.05) is 12.1 Å². The van der Waals surface area contributed by atoms with Crippen LogP contribution in [0.2, 0.25) is 0 Å². The second-order valence-electron chi connectivity index (χ2n) is 9.57. The summed E-state index contributed by atoms with van der Waals surface area (Å²) in [6.07, 6.45) is 12.2. The number of hydrogen-bond acceptors (Lipinski definition) is 4. The summed E-state index contributed by atoms with van der Waals surface area (Å²) < 4.78 is 6.21. The molecule has 2 aliphatic carbocycles. The largest absolute Gasteiger partial charge is 0.490 e. The molecule has 3 fully saturated rings. The van der Waals surface area contributed by atoms with E-state index in [1.165, 1.54) is 31.2 Å². The number of aromatic nitrogens is 1. The highest BCUT2D eigenvalue weighted by Crippen LogP contribution is 2.39. The minimum Gasteiger partial charge on any atom is -0.490 e. The molecule has 164 valence electrons. The molecular weight excluding hydrogens is 386 g/mol. The fraction of sp³-hybridized carbons (Fsp3) is 0.538. The van der Waals surface area contributed by atoms with Crippen molar-refractivity contribution in [3.63, 3.8) is 0 Å². The number of fused-ring (bicyclic) bond motifs is 1. The zero-order valence-corrected chi connectivity index (χ0v) is 18.4. The predicted octanol–water partition coefficient (Wildman–Crippen LogP) is 4.49. The average Bonchev–Trinajstić information content (AvgIpc) is 3.49. The van der Waals surface area contributed by atoms with Crippen molar-refractivity contribution in [3.8, 4) is 5.75 Å². The van der Waals surface area contributed by atoms with Gasteiger partial charge in [0.15, 0.2) is 0 Å². The molecule has 2 heterocycles. The van der Waals surface area contributed by atoms with Gasteiger partial charge in [0.25, 0.3) is 5.91 Å². The summed E-state index contributed by atoms with van der Waals surface area (Å²) in [6.45, 7) is 4.03. The Morgan fingerprint density at radius 3 is 2.84 bits per heavy atom. The van der Waals surface area contributed by atoms with Crippen molar-refractivity contribution in [3.05, 3.63) is 59.4 Å². The number of rotatable bonds is 6. The molecule has 0 unspecified atom stereocenters. The Balaban J connectivity index is 1.19. The minimum absolute atomic E-state index is 0.0112. The van der Waals surface area contributed by atoms with Crippen LogP contribution < -0.4 is 10.1 Å². The molecule has 3 aliphatic rings. The Morgan fingerprint density at radius 2 is 2.00 bits per heavy atom. The Morgan fingerprint density at radius 1 is 1.13 bits per heavy atom. The summed E-state index contributed by atoms with van der Waals surface area (Å²) in [7, 11) is 0. The van der Waals surface area contributed by atoms with Gasteiger partial charge >= 0.3 is 0 Å². The van der Waals surface area contributed by atoms with Crippen LogP contribution >= 0.6 is 0 Å². The Kier molecular flexibility index (Phi) is 5.95. The predicted molar refractivity (Wildman–Crippen MR) is 121 cm³/mol. The van der Waals surface area contributed by atoms with Crippen LogP contribution in [0.25, 0.3) is 0 Å². The lowest BCUT2D eigenvalue weighted by molar-refractivity contribution is 0.0926. The fourth-order valence-electron chi connectivity index (χ4n) is 5.83. The molecule has 31 heavy (non-hydrogen) atoms. The van der Waals surface area contributed by atoms with Gasteiger partial charge < -0.3 is 10.1 Å². The summed E-state index contributed by atoms with van der Waals surface area (Å²) in [4.78, 5) is 19.5. The second kappa shape index (κ2) is 8.99. The van der Waals surface area contributed by atoms with Gasteiger partial charge in [-0.25, -0.2) is 0 Å². The lowest BCUT2D eigenvalue weighted by Crippen LogP contribution is -2.39. The maximum Gasteiger partial charge on any atom is 0.253 e. The topological polar surface area (TPSA) is 54.5 Å². The van der Waals surface area contributed by atoms with Crippen molar-refractivity contribution in [1.82, 2.24) is 15.2 Å². The van der Waals surface area contributed by atoms with E-state index in [2.05, 4.69) is 39.5 Å². The van der Waals surface area contributed by atoms with E-state index < -0.39 is 0 Å². The van der Waals surface area contributed by atoms with Crippen LogP contribution in [-0.2, 0) is 6.54 Å². The van der Waals surface area contributed by atoms with Crippen LogP contribution in [0.4, 0.5) is 0 Å². The molecule has 1 saturated heterocycles. The number of nitrogens with one attached hydrogen (secondary N) is 1. The van der Waals surface area contributed by atoms with Crippen LogP contribution in [-0.4, -0.2) is 40.5 Å². The monoisotopic (exact) mass is 419 g/mol. The number of likely N-dealkylation sites (tertiary alicyclic amines) is 1. The molecule has 3 atom stereocenters. The second-order valence-corrected chi connectivity index (χ2v) is 9.57. The highest BCUT2D eigenvalue weighted by molar-refractivity contribution is 5.94. The lowest BCUT2D eigenvalue weighted by atomic mass is 9.99. The average molecular weight is 420 g/mol. The van der Waals surface area contributed by atoms with Crippen molar-refractivity contribution in [2.75, 3.05) is 6.54 Å². The highest BCUT2D eigenvalue weighted by Gasteiger charge is 2.44. The first-order valence-corrected chi connectivity index (χ1v) is 11.9. The summed E-state index contributed by atoms with van der Waals surface area (Å²) in [5.74, 6) is 1.57. The number of carbonyl (C=O) groups is 1. The van der Waals surface area contributed by atoms with Crippen molar-refractivity contribution in [2.24, 2.45) is 5.92 Å². The van der Waals surface area contributed by atoms with Gasteiger partial charge in [0.05, 0.1) is 11.7 Å². The van der Waals surface area contributed by atoms with E-state index in [0.717, 1.165) is 43.7 Å². The lowest BCUT2D eigenvalue weighted by Gasteiger charge is -2.25. The van der Waals surface area contributed by atoms with E-state index in [1.807, 2.05) is 13.0 Å². The van der Waals surface area contributed by atoms with Gasteiger partial charge in [0.2, 0.25) is 0 Å². The number of amides is 1. The molecule has 0 spiro atoms. The number of nitrogens with zero attached hydrogens (tertiary/aromatic N) is 2. The van der Waals surface area contributed by atoms with Crippen LogP contribution in [0.1, 0.15) is 66.4 Å². The summed E-state index contributed by atoms with van der Waals surface area (Å²) in [5.41, 5.74) is 3.01. The quantitative estimate of drug-likeness (QED) is 0.749. The molecule has 2 saturated carbocycles. The molecule has 1 N–H and O–H groups in total. The molecule has 5 rings (SSSR count). The van der Waals surface area contributed by atoms with E-state index in [-0.39, 0.29) is 11.9 Å². The van der Waals surface area contributed by atoms with E-state index in [4.69, 9.17) is 4.74 Å². The van der Waals surface area contributed by atoms with E-state index in [0.29, 0.717) is 23.6 Å². The maximum atomic E-state index is 12.7. The first-order valence-electron chi connectivity index (χ1n) is 11.9. The van der Waals surface area contributed by atoms with Gasteiger partial charge in [-0.2, -0.15) is 0 Å². The number of hydrogen-bond donors (Lipinski definition) is 1. The third kappa shape index (κ3) is 4.62. The zero-order valence-electron chi connectivity index (χ0n) is 18.4. The minimum atomic E-state index is 0.0112. The number of ether oxygens (including phenoxy) is 1. The van der Waals surface area contributed by atoms with Gasteiger partial charge in [-0.15, -0.1) is 0 Å². The molecule has 1 aromatic heterocycles. The third-order valence-electron chi connectivity index (χ3n) is 7.35. The highest BCUT2D eigenvalue weighted by atomic mass is 16.5. The molecule has 0 bridgehead atoms. The van der Waals surface area contributed by atoms with Crippen molar-refractivity contribution < 1.29 is 9.53 Å². The number of benzene rings is 1. The number of aryl methyl sites for hydroxylation is 1. The van der Waals surface area contributed by atoms with E-state index in [1.54, 1.807) is 12.4 Å². The molecule has 5 nitrogen and oxygen atoms in total. The van der Waals surface area contributed by atoms with Crippen LogP contribution in [0.5, 0.6) is 5.75 Å². The summed E-state index contributed by atoms with van der Waals surface area (Å²) in [6, 6.07) is 11.4. The zero-order chi connectivity index (χ0) is 21.2. The first-order chi connectivity index (χ1) is 15.2. The number of carbonyl (C=O) groups excluding carboxylic acids is 1. The van der Waals surface area contributed by atoms with Crippen LogP contribution in [0, 0.1) is 12.8 Å². The van der Waals surface area contributed by atoms with Crippen LogP contribution in [0.3, 0.4) is 0 Å². The van der Waals surface area contributed by atoms with Crippen molar-refractivity contribution in [1.29, 1.82) is 0 Å². The summed E-state index contributed by atoms with van der Waals surface area (Å²) in [5, 5.41) is 3.30. The normalized spacial score (nSPS) is 26.2. The summed E-state index contributed by atoms with van der Waals surface area (Å²) >= 11 is 0. The standard InChI is InChI=1S/C26H33N3O2/c1-18-13-20(16-27-15-18)26(30)28-24-9-10-25-23(24)11-12-29(25)17-19-5-4-8-22(14-19)31-21-6-2-3-7-21/h4-5,8,13-16,21,23-25H,2-3,6-7,9-12,17H2,1H3,(H,28,30)/t23-,24-,25+/m0/s1. The van der Waals surface area contributed by atoms with Gasteiger partial charge in [0, 0.05) is 31.0 Å². The Labute approximate surface area is 185 Å². The van der Waals surface area contributed by atoms with Crippen molar-refractivity contribution >= 4 is 5.91 Å². The van der Waals surface area contributed by atoms with Gasteiger partial charge in [-0.3, -0.25) is 14.7 Å². The molecule has 5 heteroatoms. The molecular formula is C26H33N3O2. The van der Waals surface area contributed by atoms with Gasteiger partial charge in [0.1, 0.15) is 5.75 Å². The Bertz CT molecular complexity index is 924. The van der Waals surface area contributed by atoms with Crippen molar-refractivity contribution in [2.45, 2.75) is 76.6 Å².